The number of rotatable bonds is 9. The quantitative estimate of drug-likeness (QED) is 0.515. The first-order valence-corrected chi connectivity index (χ1v) is 11.3. The van der Waals surface area contributed by atoms with Crippen LogP contribution in [0.2, 0.25) is 0 Å². The topological polar surface area (TPSA) is 49.4 Å². The first-order chi connectivity index (χ1) is 15.9. The van der Waals surface area contributed by atoms with E-state index in [0.717, 1.165) is 22.3 Å². The first-order valence-electron chi connectivity index (χ1n) is 11.3. The molecule has 3 aromatic rings. The molecular formula is C28H31FN2O2. The lowest BCUT2D eigenvalue weighted by molar-refractivity contribution is -0.140. The van der Waals surface area contributed by atoms with Gasteiger partial charge in [0.25, 0.3) is 0 Å². The third kappa shape index (κ3) is 6.51. The summed E-state index contributed by atoms with van der Waals surface area (Å²) in [6, 6.07) is 21.2. The lowest BCUT2D eigenvalue weighted by atomic mass is 9.99. The van der Waals surface area contributed by atoms with Crippen molar-refractivity contribution in [3.8, 4) is 0 Å². The predicted molar refractivity (Wildman–Crippen MR) is 129 cm³/mol. The van der Waals surface area contributed by atoms with Gasteiger partial charge in [0.2, 0.25) is 11.8 Å². The molecule has 0 saturated heterocycles. The molecule has 0 bridgehead atoms. The van der Waals surface area contributed by atoms with Crippen LogP contribution in [0.3, 0.4) is 0 Å². The lowest BCUT2D eigenvalue weighted by Crippen LogP contribution is -2.51. The summed E-state index contributed by atoms with van der Waals surface area (Å²) in [6.07, 6.45) is 0.492. The third-order valence-electron chi connectivity index (χ3n) is 5.77. The van der Waals surface area contributed by atoms with Gasteiger partial charge in [0.05, 0.1) is 6.42 Å². The van der Waals surface area contributed by atoms with E-state index in [1.165, 1.54) is 11.0 Å². The standard InChI is InChI=1S/C28H31FN2O2/c1-4-30-28(33)26(17-22-10-6-5-7-11-22)31(19-23-12-8-9-13-25(23)29)27(32)18-24-16-20(2)14-15-21(24)3/h5-16,26H,4,17-19H2,1-3H3,(H,30,33)/t26-/m1/s1. The van der Waals surface area contributed by atoms with E-state index in [2.05, 4.69) is 5.32 Å². The van der Waals surface area contributed by atoms with Crippen LogP contribution in [0.25, 0.3) is 0 Å². The van der Waals surface area contributed by atoms with Gasteiger partial charge in [0.1, 0.15) is 11.9 Å². The molecule has 1 N–H and O–H groups in total. The van der Waals surface area contributed by atoms with Gasteiger partial charge < -0.3 is 10.2 Å². The molecule has 0 saturated carbocycles. The molecule has 3 rings (SSSR count). The molecule has 0 fully saturated rings. The number of carbonyl (C=O) groups is 2. The van der Waals surface area contributed by atoms with Crippen LogP contribution in [-0.2, 0) is 29.0 Å². The Kier molecular flexibility index (Phi) is 8.36. The Hall–Kier alpha value is -3.47. The summed E-state index contributed by atoms with van der Waals surface area (Å²) in [5.41, 5.74) is 4.31. The Morgan fingerprint density at radius 2 is 1.64 bits per heavy atom. The summed E-state index contributed by atoms with van der Waals surface area (Å²) in [5.74, 6) is -0.845. The Labute approximate surface area is 195 Å². The van der Waals surface area contributed by atoms with Gasteiger partial charge >= 0.3 is 0 Å². The van der Waals surface area contributed by atoms with Crippen LogP contribution in [0.15, 0.2) is 72.8 Å². The van der Waals surface area contributed by atoms with Crippen molar-refractivity contribution in [3.63, 3.8) is 0 Å². The predicted octanol–water partition coefficient (Wildman–Crippen LogP) is 4.76. The zero-order chi connectivity index (χ0) is 23.8. The van der Waals surface area contributed by atoms with Gasteiger partial charge in [-0.1, -0.05) is 72.3 Å². The first kappa shape index (κ1) is 24.2. The lowest BCUT2D eigenvalue weighted by Gasteiger charge is -2.32. The Morgan fingerprint density at radius 1 is 0.939 bits per heavy atom. The van der Waals surface area contributed by atoms with Crippen LogP contribution < -0.4 is 5.32 Å². The summed E-state index contributed by atoms with van der Waals surface area (Å²) < 4.78 is 14.6. The number of hydrogen-bond acceptors (Lipinski definition) is 2. The van der Waals surface area contributed by atoms with E-state index < -0.39 is 11.9 Å². The average molecular weight is 447 g/mol. The Morgan fingerprint density at radius 3 is 2.33 bits per heavy atom. The molecule has 33 heavy (non-hydrogen) atoms. The zero-order valence-corrected chi connectivity index (χ0v) is 19.5. The molecule has 0 aliphatic carbocycles. The van der Waals surface area contributed by atoms with Crippen LogP contribution in [0.5, 0.6) is 0 Å². The second-order valence-corrected chi connectivity index (χ2v) is 8.32. The molecule has 2 amide bonds. The number of aryl methyl sites for hydroxylation is 2. The van der Waals surface area contributed by atoms with Gasteiger partial charge in [-0.2, -0.15) is 0 Å². The van der Waals surface area contributed by atoms with Gasteiger partial charge in [-0.05, 0) is 43.5 Å². The highest BCUT2D eigenvalue weighted by Gasteiger charge is 2.30. The van der Waals surface area contributed by atoms with Crippen molar-refractivity contribution in [1.29, 1.82) is 0 Å². The van der Waals surface area contributed by atoms with Crippen molar-refractivity contribution < 1.29 is 14.0 Å². The highest BCUT2D eigenvalue weighted by atomic mass is 19.1. The molecule has 0 unspecified atom stereocenters. The van der Waals surface area contributed by atoms with Gasteiger partial charge in [0, 0.05) is 25.1 Å². The van der Waals surface area contributed by atoms with Crippen LogP contribution in [0.4, 0.5) is 4.39 Å². The Balaban J connectivity index is 1.99. The molecule has 0 aliphatic rings. The molecule has 0 radical (unpaired) electrons. The van der Waals surface area contributed by atoms with E-state index in [0.29, 0.717) is 18.5 Å². The minimum Gasteiger partial charge on any atom is -0.355 e. The molecule has 1 atom stereocenters. The largest absolute Gasteiger partial charge is 0.355 e. The molecule has 172 valence electrons. The van der Waals surface area contributed by atoms with E-state index in [1.54, 1.807) is 18.2 Å². The SMILES string of the molecule is CCNC(=O)[C@@H](Cc1ccccc1)N(Cc1ccccc1F)C(=O)Cc1cc(C)ccc1C. The second kappa shape index (κ2) is 11.4. The summed E-state index contributed by atoms with van der Waals surface area (Å²) in [7, 11) is 0. The summed E-state index contributed by atoms with van der Waals surface area (Å²) in [6.45, 7) is 6.26. The van der Waals surface area contributed by atoms with Gasteiger partial charge in [0.15, 0.2) is 0 Å². The summed E-state index contributed by atoms with van der Waals surface area (Å²) >= 11 is 0. The van der Waals surface area contributed by atoms with Crippen LogP contribution in [-0.4, -0.2) is 29.3 Å². The van der Waals surface area contributed by atoms with Crippen molar-refractivity contribution in [2.75, 3.05) is 6.54 Å². The van der Waals surface area contributed by atoms with Crippen molar-refractivity contribution in [2.45, 2.75) is 46.2 Å². The molecule has 0 aromatic heterocycles. The molecular weight excluding hydrogens is 415 g/mol. The monoisotopic (exact) mass is 446 g/mol. The number of likely N-dealkylation sites (N-methyl/N-ethyl adjacent to an activating group) is 1. The minimum absolute atomic E-state index is 0.0189. The van der Waals surface area contributed by atoms with E-state index in [9.17, 15) is 14.0 Å². The maximum Gasteiger partial charge on any atom is 0.243 e. The molecule has 3 aromatic carbocycles. The maximum absolute atomic E-state index is 14.6. The van der Waals surface area contributed by atoms with Crippen LogP contribution in [0, 0.1) is 19.7 Å². The van der Waals surface area contributed by atoms with Crippen molar-refractivity contribution in [1.82, 2.24) is 10.2 Å². The fourth-order valence-corrected chi connectivity index (χ4v) is 3.91. The molecule has 0 aliphatic heterocycles. The molecule has 5 heteroatoms. The van der Waals surface area contributed by atoms with Crippen molar-refractivity contribution in [3.05, 3.63) is 106 Å². The number of benzene rings is 3. The number of nitrogens with zero attached hydrogens (tertiary/aromatic N) is 1. The number of halogens is 1. The smallest absolute Gasteiger partial charge is 0.243 e. The fourth-order valence-electron chi connectivity index (χ4n) is 3.91. The van der Waals surface area contributed by atoms with E-state index in [-0.39, 0.29) is 24.8 Å². The van der Waals surface area contributed by atoms with Crippen LogP contribution >= 0.6 is 0 Å². The number of nitrogens with one attached hydrogen (secondary N) is 1. The normalized spacial score (nSPS) is 11.6. The third-order valence-corrected chi connectivity index (χ3v) is 5.77. The average Bonchev–Trinajstić information content (AvgIpc) is 2.80. The number of amides is 2. The summed E-state index contributed by atoms with van der Waals surface area (Å²) in [4.78, 5) is 28.3. The van der Waals surface area contributed by atoms with Gasteiger partial charge in [-0.25, -0.2) is 4.39 Å². The second-order valence-electron chi connectivity index (χ2n) is 8.32. The Bertz CT molecular complexity index is 1100. The summed E-state index contributed by atoms with van der Waals surface area (Å²) in [5, 5.41) is 2.86. The van der Waals surface area contributed by atoms with E-state index in [1.807, 2.05) is 69.3 Å². The molecule has 4 nitrogen and oxygen atoms in total. The van der Waals surface area contributed by atoms with Crippen LogP contribution in [0.1, 0.15) is 34.7 Å². The van der Waals surface area contributed by atoms with E-state index >= 15 is 0 Å². The highest BCUT2D eigenvalue weighted by molar-refractivity contribution is 5.89. The van der Waals surface area contributed by atoms with Gasteiger partial charge in [-0.3, -0.25) is 9.59 Å². The van der Waals surface area contributed by atoms with Crippen molar-refractivity contribution >= 4 is 11.8 Å². The number of hydrogen-bond donors (Lipinski definition) is 1. The minimum atomic E-state index is -0.760. The van der Waals surface area contributed by atoms with E-state index in [4.69, 9.17) is 0 Å². The molecule has 0 heterocycles. The van der Waals surface area contributed by atoms with Crippen molar-refractivity contribution in [2.24, 2.45) is 0 Å². The zero-order valence-electron chi connectivity index (χ0n) is 19.5. The fraction of sp³-hybridized carbons (Fsp3) is 0.286. The highest BCUT2D eigenvalue weighted by Crippen LogP contribution is 2.19. The maximum atomic E-state index is 14.6. The molecule has 0 spiro atoms. The number of carbonyl (C=O) groups excluding carboxylic acids is 2. The van der Waals surface area contributed by atoms with Gasteiger partial charge in [-0.15, -0.1) is 0 Å².